The molecule has 0 bridgehead atoms. The van der Waals surface area contributed by atoms with Crippen LogP contribution in [0.25, 0.3) is 0 Å². The average molecular weight is 354 g/mol. The smallest absolute Gasteiger partial charge is 0.0154 e. The van der Waals surface area contributed by atoms with E-state index in [9.17, 15) is 0 Å². The maximum atomic E-state index is 6.49. The standard InChI is InChI=1S/C24H51N/c1-6-9-10-11-12-13-14-15-16-17-18-19-20-21-22-24(7-2,8-3)23(4,5)25/h6-22,25H2,1-5H3. The van der Waals surface area contributed by atoms with Crippen molar-refractivity contribution < 1.29 is 0 Å². The van der Waals surface area contributed by atoms with E-state index in [1.807, 2.05) is 0 Å². The van der Waals surface area contributed by atoms with Crippen LogP contribution in [0.1, 0.15) is 144 Å². The minimum atomic E-state index is -0.0486. The molecule has 0 aromatic heterocycles. The number of hydrogen-bond acceptors (Lipinski definition) is 1. The molecule has 0 atom stereocenters. The summed E-state index contributed by atoms with van der Waals surface area (Å²) >= 11 is 0. The van der Waals surface area contributed by atoms with E-state index < -0.39 is 0 Å². The highest BCUT2D eigenvalue weighted by molar-refractivity contribution is 4.94. The lowest BCUT2D eigenvalue weighted by Gasteiger charge is -2.44. The predicted octanol–water partition coefficient (Wildman–Crippen LogP) is 8.40. The normalized spacial score (nSPS) is 12.7. The van der Waals surface area contributed by atoms with Crippen molar-refractivity contribution in [1.29, 1.82) is 0 Å². The number of hydrogen-bond donors (Lipinski definition) is 1. The van der Waals surface area contributed by atoms with Crippen molar-refractivity contribution in [3.63, 3.8) is 0 Å². The van der Waals surface area contributed by atoms with E-state index in [4.69, 9.17) is 5.73 Å². The Morgan fingerprint density at radius 3 is 1.12 bits per heavy atom. The molecule has 0 saturated heterocycles. The molecule has 152 valence electrons. The lowest BCUT2D eigenvalue weighted by Crippen LogP contribution is -2.50. The summed E-state index contributed by atoms with van der Waals surface area (Å²) in [6.07, 6.45) is 23.8. The van der Waals surface area contributed by atoms with Gasteiger partial charge in [-0.05, 0) is 38.5 Å². The van der Waals surface area contributed by atoms with E-state index >= 15 is 0 Å². The Morgan fingerprint density at radius 2 is 0.840 bits per heavy atom. The van der Waals surface area contributed by atoms with Gasteiger partial charge in [0, 0.05) is 5.54 Å². The minimum Gasteiger partial charge on any atom is -0.325 e. The minimum absolute atomic E-state index is 0.0486. The van der Waals surface area contributed by atoms with E-state index in [1.54, 1.807) is 0 Å². The van der Waals surface area contributed by atoms with Crippen molar-refractivity contribution in [3.05, 3.63) is 0 Å². The van der Waals surface area contributed by atoms with Gasteiger partial charge >= 0.3 is 0 Å². The molecule has 25 heavy (non-hydrogen) atoms. The van der Waals surface area contributed by atoms with Gasteiger partial charge in [-0.2, -0.15) is 0 Å². The van der Waals surface area contributed by atoms with Gasteiger partial charge in [0.25, 0.3) is 0 Å². The zero-order valence-electron chi connectivity index (χ0n) is 18.6. The summed E-state index contributed by atoms with van der Waals surface area (Å²) in [6.45, 7) is 11.4. The summed E-state index contributed by atoms with van der Waals surface area (Å²) in [4.78, 5) is 0. The molecule has 0 aromatic carbocycles. The summed E-state index contributed by atoms with van der Waals surface area (Å²) in [5.41, 5.74) is 6.78. The molecular weight excluding hydrogens is 302 g/mol. The summed E-state index contributed by atoms with van der Waals surface area (Å²) in [7, 11) is 0. The second kappa shape index (κ2) is 15.1. The van der Waals surface area contributed by atoms with Crippen molar-refractivity contribution in [2.45, 2.75) is 149 Å². The molecule has 0 spiro atoms. The highest BCUT2D eigenvalue weighted by atomic mass is 14.8. The summed E-state index contributed by atoms with van der Waals surface area (Å²) in [5, 5.41) is 0. The van der Waals surface area contributed by atoms with E-state index in [1.165, 1.54) is 109 Å². The Hall–Kier alpha value is -0.0400. The van der Waals surface area contributed by atoms with Crippen LogP contribution in [0, 0.1) is 5.41 Å². The molecule has 2 N–H and O–H groups in total. The van der Waals surface area contributed by atoms with Crippen LogP contribution in [-0.4, -0.2) is 5.54 Å². The second-order valence-corrected chi connectivity index (χ2v) is 9.06. The Labute approximate surface area is 160 Å². The summed E-state index contributed by atoms with van der Waals surface area (Å²) < 4.78 is 0. The van der Waals surface area contributed by atoms with Gasteiger partial charge in [-0.3, -0.25) is 0 Å². The van der Waals surface area contributed by atoms with Crippen molar-refractivity contribution in [2.24, 2.45) is 11.1 Å². The fourth-order valence-corrected chi connectivity index (χ4v) is 4.49. The molecule has 0 unspecified atom stereocenters. The number of nitrogens with two attached hydrogens (primary N) is 1. The van der Waals surface area contributed by atoms with Gasteiger partial charge < -0.3 is 5.73 Å². The molecule has 0 fully saturated rings. The highest BCUT2D eigenvalue weighted by Gasteiger charge is 2.38. The van der Waals surface area contributed by atoms with Crippen LogP contribution in [0.5, 0.6) is 0 Å². The Balaban J connectivity index is 3.49. The molecule has 1 nitrogen and oxygen atoms in total. The molecule has 0 rings (SSSR count). The molecule has 1 heteroatoms. The third-order valence-corrected chi connectivity index (χ3v) is 6.73. The molecular formula is C24H51N. The zero-order valence-corrected chi connectivity index (χ0v) is 18.6. The molecule has 0 aliphatic rings. The average Bonchev–Trinajstić information content (AvgIpc) is 2.57. The largest absolute Gasteiger partial charge is 0.325 e. The molecule has 0 aromatic rings. The fraction of sp³-hybridized carbons (Fsp3) is 1.00. The molecule has 0 aliphatic carbocycles. The van der Waals surface area contributed by atoms with Crippen LogP contribution in [0.3, 0.4) is 0 Å². The molecule has 0 heterocycles. The summed E-state index contributed by atoms with van der Waals surface area (Å²) in [6, 6.07) is 0. The molecule has 0 radical (unpaired) electrons. The summed E-state index contributed by atoms with van der Waals surface area (Å²) in [5.74, 6) is 0. The zero-order chi connectivity index (χ0) is 19.0. The SMILES string of the molecule is CCCCCCCCCCCCCCCCC(CC)(CC)C(C)(C)N. The first-order chi connectivity index (χ1) is 11.9. The Morgan fingerprint density at radius 1 is 0.520 bits per heavy atom. The first kappa shape index (κ1) is 25.0. The number of unbranched alkanes of at least 4 members (excludes halogenated alkanes) is 13. The van der Waals surface area contributed by atoms with Gasteiger partial charge in [0.05, 0.1) is 0 Å². The van der Waals surface area contributed by atoms with Gasteiger partial charge in [0.1, 0.15) is 0 Å². The molecule has 0 aliphatic heterocycles. The van der Waals surface area contributed by atoms with Crippen LogP contribution < -0.4 is 5.73 Å². The quantitative estimate of drug-likeness (QED) is 0.246. The fourth-order valence-electron chi connectivity index (χ4n) is 4.49. The topological polar surface area (TPSA) is 26.0 Å². The monoisotopic (exact) mass is 353 g/mol. The van der Waals surface area contributed by atoms with Gasteiger partial charge in [-0.1, -0.05) is 111 Å². The first-order valence-corrected chi connectivity index (χ1v) is 11.7. The lowest BCUT2D eigenvalue weighted by molar-refractivity contribution is 0.116. The van der Waals surface area contributed by atoms with Gasteiger partial charge in [0.2, 0.25) is 0 Å². The van der Waals surface area contributed by atoms with Gasteiger partial charge in [-0.25, -0.2) is 0 Å². The van der Waals surface area contributed by atoms with Crippen LogP contribution in [0.2, 0.25) is 0 Å². The van der Waals surface area contributed by atoms with E-state index in [2.05, 4.69) is 34.6 Å². The highest BCUT2D eigenvalue weighted by Crippen LogP contribution is 2.41. The molecule has 0 amide bonds. The van der Waals surface area contributed by atoms with Crippen molar-refractivity contribution in [3.8, 4) is 0 Å². The van der Waals surface area contributed by atoms with Crippen LogP contribution in [0.4, 0.5) is 0 Å². The molecule has 0 saturated carbocycles. The second-order valence-electron chi connectivity index (χ2n) is 9.06. The van der Waals surface area contributed by atoms with E-state index in [-0.39, 0.29) is 5.54 Å². The predicted molar refractivity (Wildman–Crippen MR) is 116 cm³/mol. The van der Waals surface area contributed by atoms with Crippen LogP contribution >= 0.6 is 0 Å². The third kappa shape index (κ3) is 11.3. The lowest BCUT2D eigenvalue weighted by atomic mass is 9.65. The van der Waals surface area contributed by atoms with Crippen molar-refractivity contribution in [1.82, 2.24) is 0 Å². The van der Waals surface area contributed by atoms with Gasteiger partial charge in [0.15, 0.2) is 0 Å². The van der Waals surface area contributed by atoms with E-state index in [0.717, 1.165) is 0 Å². The first-order valence-electron chi connectivity index (χ1n) is 11.7. The maximum absolute atomic E-state index is 6.49. The number of rotatable bonds is 18. The maximum Gasteiger partial charge on any atom is 0.0154 e. The van der Waals surface area contributed by atoms with Crippen molar-refractivity contribution in [2.75, 3.05) is 0 Å². The Bertz CT molecular complexity index is 272. The van der Waals surface area contributed by atoms with Crippen LogP contribution in [0.15, 0.2) is 0 Å². The third-order valence-electron chi connectivity index (χ3n) is 6.73. The van der Waals surface area contributed by atoms with Crippen molar-refractivity contribution >= 4 is 0 Å². The Kier molecular flexibility index (Phi) is 15.0. The van der Waals surface area contributed by atoms with Gasteiger partial charge in [-0.15, -0.1) is 0 Å². The van der Waals surface area contributed by atoms with Crippen LogP contribution in [-0.2, 0) is 0 Å². The van der Waals surface area contributed by atoms with E-state index in [0.29, 0.717) is 5.41 Å².